The molecule has 1 saturated carbocycles. The van der Waals surface area contributed by atoms with Crippen molar-refractivity contribution in [1.29, 1.82) is 0 Å². The Morgan fingerprint density at radius 1 is 1.54 bits per heavy atom. The van der Waals surface area contributed by atoms with Crippen LogP contribution in [0.2, 0.25) is 0 Å². The summed E-state index contributed by atoms with van der Waals surface area (Å²) < 4.78 is 23.5. The smallest absolute Gasteiger partial charge is 0.255 e. The summed E-state index contributed by atoms with van der Waals surface area (Å²) in [6, 6.07) is 0. The van der Waals surface area contributed by atoms with Crippen LogP contribution in [0.25, 0.3) is 0 Å². The van der Waals surface area contributed by atoms with E-state index in [9.17, 15) is 13.6 Å². The van der Waals surface area contributed by atoms with Crippen LogP contribution in [0.4, 0.5) is 8.78 Å². The third-order valence-corrected chi connectivity index (χ3v) is 2.60. The molecule has 0 aliphatic heterocycles. The number of halogens is 2. The fourth-order valence-corrected chi connectivity index (χ4v) is 1.48. The Bertz CT molecular complexity index is 187. The summed E-state index contributed by atoms with van der Waals surface area (Å²) in [5.41, 5.74) is 4.88. The molecule has 1 aliphatic carbocycles. The SMILES string of the molecule is NCC1(C(=O)NCC(F)F)CCC1. The van der Waals surface area contributed by atoms with Crippen LogP contribution >= 0.6 is 0 Å². The molecule has 1 rings (SSSR count). The van der Waals surface area contributed by atoms with Crippen molar-refractivity contribution in [2.24, 2.45) is 11.1 Å². The molecule has 0 unspecified atom stereocenters. The number of carbonyl (C=O) groups is 1. The first-order chi connectivity index (χ1) is 6.10. The minimum Gasteiger partial charge on any atom is -0.350 e. The first kappa shape index (κ1) is 10.4. The third kappa shape index (κ3) is 2.15. The van der Waals surface area contributed by atoms with Crippen LogP contribution in [0.5, 0.6) is 0 Å². The Morgan fingerprint density at radius 2 is 2.15 bits per heavy atom. The second-order valence-corrected chi connectivity index (χ2v) is 3.44. The van der Waals surface area contributed by atoms with Crippen molar-refractivity contribution in [3.63, 3.8) is 0 Å². The maximum atomic E-state index is 11.8. The molecular formula is C8H14F2N2O. The first-order valence-electron chi connectivity index (χ1n) is 4.37. The maximum absolute atomic E-state index is 11.8. The number of carbonyl (C=O) groups excluding carboxylic acids is 1. The lowest BCUT2D eigenvalue weighted by atomic mass is 9.68. The fourth-order valence-electron chi connectivity index (χ4n) is 1.48. The molecule has 13 heavy (non-hydrogen) atoms. The minimum atomic E-state index is -2.49. The van der Waals surface area contributed by atoms with E-state index >= 15 is 0 Å². The molecule has 0 heterocycles. The fraction of sp³-hybridized carbons (Fsp3) is 0.875. The predicted octanol–water partition coefficient (Wildman–Crippen LogP) is 0.497. The van der Waals surface area contributed by atoms with E-state index in [1.54, 1.807) is 0 Å². The summed E-state index contributed by atoms with van der Waals surface area (Å²) in [5, 5.41) is 2.21. The molecule has 3 N–H and O–H groups in total. The highest BCUT2D eigenvalue weighted by molar-refractivity contribution is 5.83. The zero-order chi connectivity index (χ0) is 9.90. The number of rotatable bonds is 4. The largest absolute Gasteiger partial charge is 0.350 e. The number of hydrogen-bond donors (Lipinski definition) is 2. The molecule has 0 bridgehead atoms. The third-order valence-electron chi connectivity index (χ3n) is 2.60. The normalized spacial score (nSPS) is 19.7. The number of nitrogens with one attached hydrogen (secondary N) is 1. The second-order valence-electron chi connectivity index (χ2n) is 3.44. The van der Waals surface area contributed by atoms with Gasteiger partial charge in [0.1, 0.15) is 0 Å². The van der Waals surface area contributed by atoms with Crippen LogP contribution < -0.4 is 11.1 Å². The van der Waals surface area contributed by atoms with Crippen molar-refractivity contribution in [1.82, 2.24) is 5.32 Å². The summed E-state index contributed by atoms with van der Waals surface area (Å²) in [4.78, 5) is 11.4. The topological polar surface area (TPSA) is 55.1 Å². The summed E-state index contributed by atoms with van der Waals surface area (Å²) in [5.74, 6) is -0.318. The van der Waals surface area contributed by atoms with Gasteiger partial charge in [0.05, 0.1) is 12.0 Å². The molecule has 0 aromatic heterocycles. The van der Waals surface area contributed by atoms with Crippen molar-refractivity contribution < 1.29 is 13.6 Å². The van der Waals surface area contributed by atoms with Gasteiger partial charge in [0, 0.05) is 6.54 Å². The highest BCUT2D eigenvalue weighted by Crippen LogP contribution is 2.39. The van der Waals surface area contributed by atoms with Gasteiger partial charge in [-0.25, -0.2) is 8.78 Å². The molecule has 1 amide bonds. The molecule has 0 atom stereocenters. The van der Waals surface area contributed by atoms with Gasteiger partial charge in [-0.2, -0.15) is 0 Å². The molecular weight excluding hydrogens is 178 g/mol. The van der Waals surface area contributed by atoms with E-state index in [1.807, 2.05) is 0 Å². The molecule has 0 radical (unpaired) electrons. The molecule has 1 aliphatic rings. The lowest BCUT2D eigenvalue weighted by molar-refractivity contribution is -0.135. The van der Waals surface area contributed by atoms with Gasteiger partial charge in [0.15, 0.2) is 0 Å². The maximum Gasteiger partial charge on any atom is 0.255 e. The quantitative estimate of drug-likeness (QED) is 0.681. The standard InChI is InChI=1S/C8H14F2N2O/c9-6(10)4-12-7(13)8(5-11)2-1-3-8/h6H,1-5,11H2,(H,12,13). The van der Waals surface area contributed by atoms with Crippen molar-refractivity contribution in [3.05, 3.63) is 0 Å². The van der Waals surface area contributed by atoms with Crippen LogP contribution in [-0.4, -0.2) is 25.4 Å². The van der Waals surface area contributed by atoms with E-state index in [4.69, 9.17) is 5.73 Å². The van der Waals surface area contributed by atoms with Gasteiger partial charge in [0.2, 0.25) is 5.91 Å². The molecule has 0 aromatic carbocycles. The Labute approximate surface area is 75.7 Å². The lowest BCUT2D eigenvalue weighted by Gasteiger charge is -2.39. The van der Waals surface area contributed by atoms with Crippen LogP contribution in [-0.2, 0) is 4.79 Å². The molecule has 0 saturated heterocycles. The molecule has 1 fully saturated rings. The van der Waals surface area contributed by atoms with Gasteiger partial charge >= 0.3 is 0 Å². The first-order valence-corrected chi connectivity index (χ1v) is 4.37. The highest BCUT2D eigenvalue weighted by Gasteiger charge is 2.42. The van der Waals surface area contributed by atoms with Gasteiger partial charge in [-0.1, -0.05) is 6.42 Å². The average Bonchev–Trinajstić information content (AvgIpc) is 2.00. The van der Waals surface area contributed by atoms with Gasteiger partial charge < -0.3 is 11.1 Å². The minimum absolute atomic E-state index is 0.252. The van der Waals surface area contributed by atoms with E-state index in [0.717, 1.165) is 19.3 Å². The monoisotopic (exact) mass is 192 g/mol. The molecule has 3 nitrogen and oxygen atoms in total. The lowest BCUT2D eigenvalue weighted by Crippen LogP contribution is -2.51. The van der Waals surface area contributed by atoms with Gasteiger partial charge in [-0.15, -0.1) is 0 Å². The van der Waals surface area contributed by atoms with Gasteiger partial charge in [-0.05, 0) is 12.8 Å². The Kier molecular flexibility index (Phi) is 3.19. The van der Waals surface area contributed by atoms with Crippen molar-refractivity contribution in [2.45, 2.75) is 25.7 Å². The number of alkyl halides is 2. The molecule has 76 valence electrons. The zero-order valence-corrected chi connectivity index (χ0v) is 7.35. The van der Waals surface area contributed by atoms with Crippen molar-refractivity contribution in [2.75, 3.05) is 13.1 Å². The molecule has 5 heteroatoms. The summed E-state index contributed by atoms with van der Waals surface area (Å²) in [6.07, 6.45) is -0.0879. The van der Waals surface area contributed by atoms with Crippen LogP contribution in [0.15, 0.2) is 0 Å². The summed E-state index contributed by atoms with van der Waals surface area (Å²) in [7, 11) is 0. The van der Waals surface area contributed by atoms with Crippen LogP contribution in [0.3, 0.4) is 0 Å². The summed E-state index contributed by atoms with van der Waals surface area (Å²) in [6.45, 7) is -0.317. The number of amides is 1. The Balaban J connectivity index is 2.37. The second kappa shape index (κ2) is 4.00. The Hall–Kier alpha value is -0.710. The number of hydrogen-bond acceptors (Lipinski definition) is 2. The van der Waals surface area contributed by atoms with E-state index in [2.05, 4.69) is 5.32 Å². The van der Waals surface area contributed by atoms with E-state index in [-0.39, 0.29) is 12.5 Å². The highest BCUT2D eigenvalue weighted by atomic mass is 19.3. The average molecular weight is 192 g/mol. The van der Waals surface area contributed by atoms with Crippen LogP contribution in [0.1, 0.15) is 19.3 Å². The van der Waals surface area contributed by atoms with E-state index in [0.29, 0.717) is 0 Å². The summed E-state index contributed by atoms with van der Waals surface area (Å²) >= 11 is 0. The predicted molar refractivity (Wildman–Crippen MR) is 44.4 cm³/mol. The van der Waals surface area contributed by atoms with Crippen molar-refractivity contribution >= 4 is 5.91 Å². The van der Waals surface area contributed by atoms with Gasteiger partial charge in [-0.3, -0.25) is 4.79 Å². The van der Waals surface area contributed by atoms with Crippen molar-refractivity contribution in [3.8, 4) is 0 Å². The van der Waals surface area contributed by atoms with Gasteiger partial charge in [0.25, 0.3) is 6.43 Å². The Morgan fingerprint density at radius 3 is 2.46 bits per heavy atom. The van der Waals surface area contributed by atoms with E-state index in [1.165, 1.54) is 0 Å². The number of nitrogens with two attached hydrogens (primary N) is 1. The van der Waals surface area contributed by atoms with E-state index < -0.39 is 18.4 Å². The molecule has 0 spiro atoms. The zero-order valence-electron chi connectivity index (χ0n) is 7.35. The molecule has 0 aromatic rings. The van der Waals surface area contributed by atoms with Crippen LogP contribution in [0, 0.1) is 5.41 Å².